The zero-order valence-corrected chi connectivity index (χ0v) is 9.01. The summed E-state index contributed by atoms with van der Waals surface area (Å²) in [5.41, 5.74) is 1.93. The van der Waals surface area contributed by atoms with Gasteiger partial charge in [-0.05, 0) is 26.2 Å². The Bertz CT molecular complexity index is 462. The van der Waals surface area contributed by atoms with E-state index in [0.717, 1.165) is 24.3 Å². The first-order chi connectivity index (χ1) is 7.15. The lowest BCUT2D eigenvalue weighted by atomic mass is 10.3. The van der Waals surface area contributed by atoms with Crippen LogP contribution >= 0.6 is 0 Å². The van der Waals surface area contributed by atoms with E-state index >= 15 is 0 Å². The van der Waals surface area contributed by atoms with Crippen LogP contribution in [0.4, 0.5) is 0 Å². The van der Waals surface area contributed by atoms with Crippen molar-refractivity contribution in [2.45, 2.75) is 6.42 Å². The van der Waals surface area contributed by atoms with E-state index in [1.54, 1.807) is 12.3 Å². The number of hydrogen-bond donors (Lipinski definition) is 1. The molecule has 0 unspecified atom stereocenters. The lowest BCUT2D eigenvalue weighted by molar-refractivity contribution is 0.412. The Morgan fingerprint density at radius 1 is 1.33 bits per heavy atom. The lowest BCUT2D eigenvalue weighted by Crippen LogP contribution is -2.15. The fourth-order valence-corrected chi connectivity index (χ4v) is 1.49. The molecule has 1 N–H and O–H groups in total. The minimum atomic E-state index is 0.263. The Balaban J connectivity index is 2.23. The molecule has 0 spiro atoms. The second-order valence-electron chi connectivity index (χ2n) is 3.94. The molecule has 15 heavy (non-hydrogen) atoms. The van der Waals surface area contributed by atoms with Crippen LogP contribution in [-0.4, -0.2) is 40.0 Å². The van der Waals surface area contributed by atoms with Crippen LogP contribution in [0.15, 0.2) is 24.5 Å². The Hall–Kier alpha value is -1.55. The van der Waals surface area contributed by atoms with Crippen LogP contribution in [0.2, 0.25) is 0 Å². The summed E-state index contributed by atoms with van der Waals surface area (Å²) in [5, 5.41) is 9.30. The van der Waals surface area contributed by atoms with Crippen molar-refractivity contribution in [1.29, 1.82) is 0 Å². The molecule has 0 amide bonds. The average Bonchev–Trinajstić information content (AvgIpc) is 2.56. The number of hydrogen-bond acceptors (Lipinski definition) is 3. The van der Waals surface area contributed by atoms with Crippen LogP contribution < -0.4 is 0 Å². The zero-order chi connectivity index (χ0) is 10.8. The van der Waals surface area contributed by atoms with Gasteiger partial charge in [0.15, 0.2) is 0 Å². The summed E-state index contributed by atoms with van der Waals surface area (Å²) < 4.78 is 1.85. The van der Waals surface area contributed by atoms with E-state index in [0.29, 0.717) is 0 Å². The number of nitrogens with zero attached hydrogens (tertiary/aromatic N) is 3. The molecule has 2 rings (SSSR count). The molecule has 0 saturated heterocycles. The van der Waals surface area contributed by atoms with E-state index in [-0.39, 0.29) is 5.75 Å². The molecule has 0 aliphatic carbocycles. The highest BCUT2D eigenvalue weighted by atomic mass is 16.3. The van der Waals surface area contributed by atoms with Gasteiger partial charge in [0.2, 0.25) is 0 Å². The third-order valence-corrected chi connectivity index (χ3v) is 2.30. The Morgan fingerprint density at radius 2 is 2.13 bits per heavy atom. The van der Waals surface area contributed by atoms with E-state index in [1.807, 2.05) is 30.8 Å². The normalized spacial score (nSPS) is 11.4. The van der Waals surface area contributed by atoms with Crippen LogP contribution in [0.25, 0.3) is 5.65 Å². The average molecular weight is 205 g/mol. The smallest absolute Gasteiger partial charge is 0.137 e. The second-order valence-corrected chi connectivity index (χ2v) is 3.94. The summed E-state index contributed by atoms with van der Waals surface area (Å²) in [7, 11) is 4.09. The van der Waals surface area contributed by atoms with Crippen molar-refractivity contribution < 1.29 is 5.11 Å². The molecule has 2 aromatic rings. The van der Waals surface area contributed by atoms with Gasteiger partial charge < -0.3 is 14.4 Å². The second kappa shape index (κ2) is 3.90. The van der Waals surface area contributed by atoms with Crippen LogP contribution in [0.3, 0.4) is 0 Å². The molecular weight excluding hydrogens is 190 g/mol. The van der Waals surface area contributed by atoms with Gasteiger partial charge in [-0.25, -0.2) is 4.98 Å². The zero-order valence-electron chi connectivity index (χ0n) is 9.01. The Labute approximate surface area is 88.8 Å². The summed E-state index contributed by atoms with van der Waals surface area (Å²) in [6.45, 7) is 0.982. The van der Waals surface area contributed by atoms with Crippen molar-refractivity contribution >= 4 is 5.65 Å². The molecule has 0 saturated carbocycles. The fourth-order valence-electron chi connectivity index (χ4n) is 1.49. The standard InChI is InChI=1S/C11H15N3O/c1-13(2)6-5-9-7-14-8-10(15)3-4-11(14)12-9/h3-4,7-8,15H,5-6H2,1-2H3. The molecule has 4 nitrogen and oxygen atoms in total. The number of imidazole rings is 1. The van der Waals surface area contributed by atoms with Crippen LogP contribution in [0, 0.1) is 0 Å². The summed E-state index contributed by atoms with van der Waals surface area (Å²) in [5.74, 6) is 0.263. The van der Waals surface area contributed by atoms with Gasteiger partial charge in [-0.1, -0.05) is 0 Å². The summed E-state index contributed by atoms with van der Waals surface area (Å²) in [6.07, 6.45) is 4.55. The Kier molecular flexibility index (Phi) is 2.60. The van der Waals surface area contributed by atoms with E-state index in [4.69, 9.17) is 0 Å². The van der Waals surface area contributed by atoms with Crippen molar-refractivity contribution in [3.05, 3.63) is 30.2 Å². The summed E-state index contributed by atoms with van der Waals surface area (Å²) >= 11 is 0. The molecule has 0 bridgehead atoms. The van der Waals surface area contributed by atoms with Gasteiger partial charge in [-0.2, -0.15) is 0 Å². The van der Waals surface area contributed by atoms with Crippen LogP contribution in [-0.2, 0) is 6.42 Å². The van der Waals surface area contributed by atoms with Crippen LogP contribution in [0.5, 0.6) is 5.75 Å². The number of pyridine rings is 1. The van der Waals surface area contributed by atoms with Gasteiger partial charge in [0.05, 0.1) is 11.9 Å². The molecule has 2 heterocycles. The third-order valence-electron chi connectivity index (χ3n) is 2.30. The maximum Gasteiger partial charge on any atom is 0.137 e. The SMILES string of the molecule is CN(C)CCc1cn2cc(O)ccc2n1. The largest absolute Gasteiger partial charge is 0.506 e. The lowest BCUT2D eigenvalue weighted by Gasteiger charge is -2.06. The Morgan fingerprint density at radius 3 is 2.87 bits per heavy atom. The van der Waals surface area contributed by atoms with Gasteiger partial charge in [0, 0.05) is 19.2 Å². The number of likely N-dealkylation sites (N-methyl/N-ethyl adjacent to an activating group) is 1. The van der Waals surface area contributed by atoms with Gasteiger partial charge in [-0.3, -0.25) is 0 Å². The maximum absolute atomic E-state index is 9.30. The van der Waals surface area contributed by atoms with Crippen LogP contribution in [0.1, 0.15) is 5.69 Å². The molecule has 0 fully saturated rings. The summed E-state index contributed by atoms with van der Waals surface area (Å²) in [6, 6.07) is 3.46. The number of rotatable bonds is 3. The van der Waals surface area contributed by atoms with E-state index in [2.05, 4.69) is 9.88 Å². The number of fused-ring (bicyclic) bond motifs is 1. The monoisotopic (exact) mass is 205 g/mol. The minimum Gasteiger partial charge on any atom is -0.506 e. The van der Waals surface area contributed by atoms with Gasteiger partial charge in [-0.15, -0.1) is 0 Å². The number of aromatic nitrogens is 2. The minimum absolute atomic E-state index is 0.263. The topological polar surface area (TPSA) is 40.8 Å². The van der Waals surface area contributed by atoms with Gasteiger partial charge in [0.1, 0.15) is 11.4 Å². The molecular formula is C11H15N3O. The first kappa shape index (κ1) is 9.98. The molecule has 0 aliphatic rings. The van der Waals surface area contributed by atoms with Crippen molar-refractivity contribution in [2.75, 3.05) is 20.6 Å². The van der Waals surface area contributed by atoms with Crippen molar-refractivity contribution in [3.8, 4) is 5.75 Å². The molecule has 0 aliphatic heterocycles. The highest BCUT2D eigenvalue weighted by molar-refractivity contribution is 5.42. The van der Waals surface area contributed by atoms with E-state index in [9.17, 15) is 5.11 Å². The maximum atomic E-state index is 9.30. The fraction of sp³-hybridized carbons (Fsp3) is 0.364. The van der Waals surface area contributed by atoms with Crippen molar-refractivity contribution in [1.82, 2.24) is 14.3 Å². The first-order valence-electron chi connectivity index (χ1n) is 4.96. The molecule has 2 aromatic heterocycles. The predicted octanol–water partition coefficient (Wildman–Crippen LogP) is 1.14. The third kappa shape index (κ3) is 2.27. The van der Waals surface area contributed by atoms with Crippen molar-refractivity contribution in [2.24, 2.45) is 0 Å². The van der Waals surface area contributed by atoms with Gasteiger partial charge in [0.25, 0.3) is 0 Å². The van der Waals surface area contributed by atoms with E-state index in [1.165, 1.54) is 0 Å². The quantitative estimate of drug-likeness (QED) is 0.817. The highest BCUT2D eigenvalue weighted by Crippen LogP contribution is 2.12. The highest BCUT2D eigenvalue weighted by Gasteiger charge is 2.02. The molecule has 0 atom stereocenters. The summed E-state index contributed by atoms with van der Waals surface area (Å²) in [4.78, 5) is 6.58. The number of aromatic hydroxyl groups is 1. The molecule has 80 valence electrons. The van der Waals surface area contributed by atoms with E-state index < -0.39 is 0 Å². The predicted molar refractivity (Wildman–Crippen MR) is 59.1 cm³/mol. The van der Waals surface area contributed by atoms with Crippen molar-refractivity contribution in [3.63, 3.8) is 0 Å². The molecule has 0 aromatic carbocycles. The molecule has 4 heteroatoms. The van der Waals surface area contributed by atoms with Gasteiger partial charge >= 0.3 is 0 Å². The molecule has 0 radical (unpaired) electrons. The first-order valence-corrected chi connectivity index (χ1v) is 4.96.